The van der Waals surface area contributed by atoms with Crippen molar-refractivity contribution in [3.05, 3.63) is 77.6 Å². The molecule has 174 valence electrons. The molecule has 6 nitrogen and oxygen atoms in total. The van der Waals surface area contributed by atoms with E-state index < -0.39 is 17.6 Å². The minimum absolute atomic E-state index is 0.0520. The van der Waals surface area contributed by atoms with Gasteiger partial charge in [-0.1, -0.05) is 30.0 Å². The van der Waals surface area contributed by atoms with Crippen LogP contribution in [-0.2, 0) is 24.1 Å². The van der Waals surface area contributed by atoms with Gasteiger partial charge in [0.25, 0.3) is 0 Å². The monoisotopic (exact) mass is 476 g/mol. The maximum absolute atomic E-state index is 12.8. The molecule has 3 aromatic rings. The van der Waals surface area contributed by atoms with E-state index in [1.54, 1.807) is 10.6 Å². The van der Waals surface area contributed by atoms with Gasteiger partial charge < -0.3 is 10.1 Å². The molecule has 1 heterocycles. The number of nitrogens with one attached hydrogen (secondary N) is 1. The van der Waals surface area contributed by atoms with E-state index in [2.05, 4.69) is 22.1 Å². The van der Waals surface area contributed by atoms with Crippen LogP contribution >= 0.6 is 11.8 Å². The van der Waals surface area contributed by atoms with Gasteiger partial charge in [-0.25, -0.2) is 0 Å². The quantitative estimate of drug-likeness (QED) is 0.330. The number of amides is 1. The number of hydrogen-bond acceptors (Lipinski definition) is 5. The van der Waals surface area contributed by atoms with E-state index in [0.717, 1.165) is 29.5 Å². The minimum Gasteiger partial charge on any atom is -0.486 e. The molecule has 0 aliphatic heterocycles. The Labute approximate surface area is 193 Å². The largest absolute Gasteiger partial charge is 0.486 e. The summed E-state index contributed by atoms with van der Waals surface area (Å²) < 4.78 is 46.2. The van der Waals surface area contributed by atoms with Gasteiger partial charge in [0.15, 0.2) is 11.0 Å². The molecule has 0 aliphatic rings. The first-order chi connectivity index (χ1) is 15.7. The fourth-order valence-electron chi connectivity index (χ4n) is 2.90. The number of anilines is 1. The Morgan fingerprint density at radius 3 is 2.67 bits per heavy atom. The summed E-state index contributed by atoms with van der Waals surface area (Å²) in [5.74, 6) is 0.763. The van der Waals surface area contributed by atoms with Crippen LogP contribution in [0.3, 0.4) is 0 Å². The van der Waals surface area contributed by atoms with Gasteiger partial charge in [-0.3, -0.25) is 9.36 Å². The normalized spacial score (nSPS) is 11.3. The molecule has 0 spiro atoms. The third kappa shape index (κ3) is 6.61. The Balaban J connectivity index is 1.62. The summed E-state index contributed by atoms with van der Waals surface area (Å²) in [5.41, 5.74) is 1.53. The number of alkyl halides is 3. The number of allylic oxidation sites excluding steroid dienone is 1. The van der Waals surface area contributed by atoms with Crippen molar-refractivity contribution in [3.8, 4) is 5.75 Å². The first-order valence-electron chi connectivity index (χ1n) is 10.0. The van der Waals surface area contributed by atoms with Crippen molar-refractivity contribution in [2.45, 2.75) is 38.3 Å². The maximum atomic E-state index is 12.8. The second-order valence-corrected chi connectivity index (χ2v) is 8.19. The van der Waals surface area contributed by atoms with Gasteiger partial charge in [-0.15, -0.1) is 16.8 Å². The molecule has 0 aliphatic carbocycles. The van der Waals surface area contributed by atoms with Crippen LogP contribution < -0.4 is 10.1 Å². The Kier molecular flexibility index (Phi) is 7.80. The van der Waals surface area contributed by atoms with Crippen molar-refractivity contribution in [2.24, 2.45) is 0 Å². The van der Waals surface area contributed by atoms with Crippen molar-refractivity contribution >= 4 is 23.4 Å². The lowest BCUT2D eigenvalue weighted by molar-refractivity contribution is -0.137. The highest BCUT2D eigenvalue weighted by Crippen LogP contribution is 2.30. The fourth-order valence-corrected chi connectivity index (χ4v) is 3.66. The van der Waals surface area contributed by atoms with Gasteiger partial charge in [0.2, 0.25) is 5.91 Å². The molecule has 33 heavy (non-hydrogen) atoms. The molecule has 3 rings (SSSR count). The van der Waals surface area contributed by atoms with E-state index >= 15 is 0 Å². The number of carbonyl (C=O) groups is 1. The van der Waals surface area contributed by atoms with E-state index in [1.165, 1.54) is 17.7 Å². The van der Waals surface area contributed by atoms with E-state index in [9.17, 15) is 18.0 Å². The lowest BCUT2D eigenvalue weighted by atomic mass is 10.1. The van der Waals surface area contributed by atoms with Gasteiger partial charge in [0.05, 0.1) is 11.3 Å². The van der Waals surface area contributed by atoms with Crippen molar-refractivity contribution in [3.63, 3.8) is 0 Å². The van der Waals surface area contributed by atoms with Crippen LogP contribution in [0.25, 0.3) is 0 Å². The molecule has 0 radical (unpaired) electrons. The number of thioether (sulfide) groups is 1. The first-order valence-corrected chi connectivity index (χ1v) is 11.0. The van der Waals surface area contributed by atoms with Crippen LogP contribution in [0, 0.1) is 13.8 Å². The number of ether oxygens (including phenoxy) is 1. The average Bonchev–Trinajstić information content (AvgIpc) is 3.14. The molecular formula is C23H23F3N4O2S. The Bertz CT molecular complexity index is 1140. The molecule has 0 fully saturated rings. The number of benzene rings is 2. The molecule has 0 saturated heterocycles. The van der Waals surface area contributed by atoms with E-state index in [-0.39, 0.29) is 18.0 Å². The number of halogens is 3. The highest BCUT2D eigenvalue weighted by atomic mass is 32.2. The number of nitrogens with zero attached hydrogens (tertiary/aromatic N) is 3. The molecule has 10 heteroatoms. The molecule has 0 saturated carbocycles. The van der Waals surface area contributed by atoms with Gasteiger partial charge in [-0.05, 0) is 55.3 Å². The van der Waals surface area contributed by atoms with Crippen molar-refractivity contribution < 1.29 is 22.7 Å². The molecule has 1 N–H and O–H groups in total. The van der Waals surface area contributed by atoms with Crippen molar-refractivity contribution in [2.75, 3.05) is 11.1 Å². The number of aromatic nitrogens is 3. The van der Waals surface area contributed by atoms with E-state index in [1.807, 2.05) is 32.0 Å². The third-order valence-electron chi connectivity index (χ3n) is 4.76. The summed E-state index contributed by atoms with van der Waals surface area (Å²) in [4.78, 5) is 12.3. The first kappa shape index (κ1) is 24.4. The van der Waals surface area contributed by atoms with Crippen LogP contribution in [0.4, 0.5) is 18.9 Å². The predicted octanol–water partition coefficient (Wildman–Crippen LogP) is 5.41. The molecule has 0 atom stereocenters. The van der Waals surface area contributed by atoms with Gasteiger partial charge in [0, 0.05) is 12.2 Å². The smallest absolute Gasteiger partial charge is 0.416 e. The second-order valence-electron chi connectivity index (χ2n) is 7.25. The SMILES string of the molecule is C=CCn1c(COc2ccc(C)c(C)c2)nnc1SCC(=O)Nc1cccc(C(F)(F)F)c1. The summed E-state index contributed by atoms with van der Waals surface area (Å²) in [5, 5.41) is 11.2. The van der Waals surface area contributed by atoms with E-state index in [0.29, 0.717) is 23.3 Å². The zero-order chi connectivity index (χ0) is 24.0. The van der Waals surface area contributed by atoms with Gasteiger partial charge in [0.1, 0.15) is 12.4 Å². The molecule has 0 bridgehead atoms. The van der Waals surface area contributed by atoms with Gasteiger partial charge >= 0.3 is 6.18 Å². The van der Waals surface area contributed by atoms with Crippen LogP contribution in [0.15, 0.2) is 60.3 Å². The maximum Gasteiger partial charge on any atom is 0.416 e. The predicted molar refractivity (Wildman–Crippen MR) is 121 cm³/mol. The summed E-state index contributed by atoms with van der Waals surface area (Å²) >= 11 is 1.12. The molecule has 1 amide bonds. The lowest BCUT2D eigenvalue weighted by Gasteiger charge is -2.11. The second kappa shape index (κ2) is 10.6. The Morgan fingerprint density at radius 2 is 1.97 bits per heavy atom. The summed E-state index contributed by atoms with van der Waals surface area (Å²) in [6, 6.07) is 10.3. The number of aryl methyl sites for hydroxylation is 2. The molecule has 0 unspecified atom stereocenters. The Morgan fingerprint density at radius 1 is 1.18 bits per heavy atom. The fraction of sp³-hybridized carbons (Fsp3) is 0.261. The molecule has 2 aromatic carbocycles. The highest BCUT2D eigenvalue weighted by Gasteiger charge is 2.30. The highest BCUT2D eigenvalue weighted by molar-refractivity contribution is 7.99. The molecular weight excluding hydrogens is 453 g/mol. The zero-order valence-electron chi connectivity index (χ0n) is 18.1. The minimum atomic E-state index is -4.48. The average molecular weight is 477 g/mol. The van der Waals surface area contributed by atoms with Crippen LogP contribution in [-0.4, -0.2) is 26.4 Å². The number of carbonyl (C=O) groups excluding carboxylic acids is 1. The summed E-state index contributed by atoms with van der Waals surface area (Å²) in [6.45, 7) is 8.35. The van der Waals surface area contributed by atoms with Crippen LogP contribution in [0.1, 0.15) is 22.5 Å². The summed E-state index contributed by atoms with van der Waals surface area (Å²) in [7, 11) is 0. The topological polar surface area (TPSA) is 69.0 Å². The van der Waals surface area contributed by atoms with E-state index in [4.69, 9.17) is 4.74 Å². The lowest BCUT2D eigenvalue weighted by Crippen LogP contribution is -2.15. The third-order valence-corrected chi connectivity index (χ3v) is 5.72. The molecule has 1 aromatic heterocycles. The van der Waals surface area contributed by atoms with Crippen molar-refractivity contribution in [1.29, 1.82) is 0 Å². The number of rotatable bonds is 9. The van der Waals surface area contributed by atoms with Gasteiger partial charge in [-0.2, -0.15) is 13.2 Å². The number of hydrogen-bond donors (Lipinski definition) is 1. The standard InChI is InChI=1S/C23H23F3N4O2S/c1-4-10-30-20(13-32-19-9-8-15(2)16(3)11-19)28-29-22(30)33-14-21(31)27-18-7-5-6-17(12-18)23(24,25)26/h4-9,11-12H,1,10,13-14H2,2-3H3,(H,27,31). The van der Waals surface area contributed by atoms with Crippen molar-refractivity contribution in [1.82, 2.24) is 14.8 Å². The zero-order valence-corrected chi connectivity index (χ0v) is 19.0. The summed E-state index contributed by atoms with van der Waals surface area (Å²) in [6.07, 6.45) is -2.80. The van der Waals surface area contributed by atoms with Crippen LogP contribution in [0.5, 0.6) is 5.75 Å². The Hall–Kier alpha value is -3.27. The van der Waals surface area contributed by atoms with Crippen LogP contribution in [0.2, 0.25) is 0 Å².